The number of rotatable bonds is 2. The van der Waals surface area contributed by atoms with Gasteiger partial charge in [-0.25, -0.2) is 4.79 Å². The third-order valence-electron chi connectivity index (χ3n) is 4.42. The van der Waals surface area contributed by atoms with Gasteiger partial charge in [0.2, 0.25) is 0 Å². The zero-order chi connectivity index (χ0) is 12.4. The SMILES string of the molecule is O=C1N(C2CCOCC2)CCN1C1CCCNC1. The Morgan fingerprint density at radius 1 is 1.06 bits per heavy atom. The number of hydrogen-bond donors (Lipinski definition) is 1. The quantitative estimate of drug-likeness (QED) is 0.786. The van der Waals surface area contributed by atoms with Crippen LogP contribution in [-0.2, 0) is 4.74 Å². The first-order valence-corrected chi connectivity index (χ1v) is 7.22. The van der Waals surface area contributed by atoms with Gasteiger partial charge >= 0.3 is 6.03 Å². The van der Waals surface area contributed by atoms with Crippen molar-refractivity contribution in [3.8, 4) is 0 Å². The minimum atomic E-state index is 0.260. The van der Waals surface area contributed by atoms with E-state index in [9.17, 15) is 4.79 Å². The Morgan fingerprint density at radius 2 is 1.78 bits per heavy atom. The molecule has 1 atom stereocenters. The molecule has 0 aromatic rings. The van der Waals surface area contributed by atoms with E-state index in [1.165, 1.54) is 6.42 Å². The summed E-state index contributed by atoms with van der Waals surface area (Å²) in [5.74, 6) is 0. The molecule has 1 unspecified atom stereocenters. The topological polar surface area (TPSA) is 44.8 Å². The number of carbonyl (C=O) groups excluding carboxylic acids is 1. The number of piperidine rings is 1. The first-order valence-electron chi connectivity index (χ1n) is 7.22. The highest BCUT2D eigenvalue weighted by Crippen LogP contribution is 2.23. The van der Waals surface area contributed by atoms with Crippen LogP contribution in [0.5, 0.6) is 0 Å². The fourth-order valence-electron chi connectivity index (χ4n) is 3.35. The van der Waals surface area contributed by atoms with Crippen molar-refractivity contribution in [3.05, 3.63) is 0 Å². The molecule has 3 aliphatic rings. The van der Waals surface area contributed by atoms with Gasteiger partial charge in [0, 0.05) is 44.9 Å². The second-order valence-corrected chi connectivity index (χ2v) is 5.51. The predicted octanol–water partition coefficient (Wildman–Crippen LogP) is 0.655. The van der Waals surface area contributed by atoms with Crippen LogP contribution in [0, 0.1) is 0 Å². The number of hydrogen-bond acceptors (Lipinski definition) is 3. The van der Waals surface area contributed by atoms with Crippen molar-refractivity contribution in [1.29, 1.82) is 0 Å². The second-order valence-electron chi connectivity index (χ2n) is 5.51. The summed E-state index contributed by atoms with van der Waals surface area (Å²) in [6.07, 6.45) is 4.34. The van der Waals surface area contributed by atoms with Gasteiger partial charge in [0.15, 0.2) is 0 Å². The van der Waals surface area contributed by atoms with Gasteiger partial charge in [-0.1, -0.05) is 0 Å². The number of ether oxygens (including phenoxy) is 1. The van der Waals surface area contributed by atoms with Gasteiger partial charge in [-0.3, -0.25) is 0 Å². The van der Waals surface area contributed by atoms with E-state index in [-0.39, 0.29) is 6.03 Å². The Labute approximate surface area is 108 Å². The van der Waals surface area contributed by atoms with Gasteiger partial charge < -0.3 is 19.9 Å². The maximum Gasteiger partial charge on any atom is 0.320 e. The molecule has 3 aliphatic heterocycles. The number of urea groups is 1. The molecule has 5 heteroatoms. The maximum absolute atomic E-state index is 12.5. The Hall–Kier alpha value is -0.810. The van der Waals surface area contributed by atoms with E-state index >= 15 is 0 Å². The molecular formula is C13H23N3O2. The van der Waals surface area contributed by atoms with Crippen LogP contribution in [0.25, 0.3) is 0 Å². The molecule has 18 heavy (non-hydrogen) atoms. The van der Waals surface area contributed by atoms with E-state index in [0.717, 1.165) is 58.7 Å². The Balaban J connectivity index is 1.60. The van der Waals surface area contributed by atoms with Crippen molar-refractivity contribution in [2.75, 3.05) is 39.4 Å². The summed E-state index contributed by atoms with van der Waals surface area (Å²) in [7, 11) is 0. The van der Waals surface area contributed by atoms with Crippen LogP contribution in [0.4, 0.5) is 4.79 Å². The van der Waals surface area contributed by atoms with Crippen LogP contribution in [0.2, 0.25) is 0 Å². The highest BCUT2D eigenvalue weighted by molar-refractivity contribution is 5.77. The van der Waals surface area contributed by atoms with E-state index in [4.69, 9.17) is 4.74 Å². The molecule has 3 fully saturated rings. The molecule has 1 N–H and O–H groups in total. The molecule has 3 heterocycles. The molecule has 0 aromatic heterocycles. The second kappa shape index (κ2) is 5.45. The van der Waals surface area contributed by atoms with Gasteiger partial charge in [0.1, 0.15) is 0 Å². The lowest BCUT2D eigenvalue weighted by atomic mass is 10.1. The molecule has 0 bridgehead atoms. The standard InChI is InChI=1S/C13H23N3O2/c17-13-15(11-3-8-18-9-4-11)6-7-16(13)12-2-1-5-14-10-12/h11-12,14H,1-10H2. The fraction of sp³-hybridized carbons (Fsp3) is 0.923. The lowest BCUT2D eigenvalue weighted by Crippen LogP contribution is -2.49. The molecule has 0 radical (unpaired) electrons. The van der Waals surface area contributed by atoms with Crippen molar-refractivity contribution in [1.82, 2.24) is 15.1 Å². The number of carbonyl (C=O) groups is 1. The molecule has 3 rings (SSSR count). The average molecular weight is 253 g/mol. The van der Waals surface area contributed by atoms with Gasteiger partial charge in [0.05, 0.1) is 0 Å². The average Bonchev–Trinajstić information content (AvgIpc) is 2.83. The summed E-state index contributed by atoms with van der Waals surface area (Å²) < 4.78 is 5.38. The van der Waals surface area contributed by atoms with Crippen LogP contribution >= 0.6 is 0 Å². The van der Waals surface area contributed by atoms with E-state index < -0.39 is 0 Å². The highest BCUT2D eigenvalue weighted by Gasteiger charge is 2.37. The Morgan fingerprint density at radius 3 is 2.44 bits per heavy atom. The summed E-state index contributed by atoms with van der Waals surface area (Å²) >= 11 is 0. The summed E-state index contributed by atoms with van der Waals surface area (Å²) in [5, 5.41) is 3.39. The summed E-state index contributed by atoms with van der Waals surface area (Å²) in [6, 6.07) is 1.08. The summed E-state index contributed by atoms with van der Waals surface area (Å²) in [4.78, 5) is 16.7. The molecule has 5 nitrogen and oxygen atoms in total. The number of amides is 2. The Kier molecular flexibility index (Phi) is 3.70. The van der Waals surface area contributed by atoms with Crippen molar-refractivity contribution in [2.45, 2.75) is 37.8 Å². The molecule has 2 amide bonds. The monoisotopic (exact) mass is 253 g/mol. The first kappa shape index (κ1) is 12.2. The minimum Gasteiger partial charge on any atom is -0.381 e. The number of nitrogens with zero attached hydrogens (tertiary/aromatic N) is 2. The van der Waals surface area contributed by atoms with E-state index in [1.54, 1.807) is 0 Å². The largest absolute Gasteiger partial charge is 0.381 e. The third kappa shape index (κ3) is 2.34. The van der Waals surface area contributed by atoms with E-state index in [1.807, 2.05) is 0 Å². The van der Waals surface area contributed by atoms with Crippen LogP contribution in [0.15, 0.2) is 0 Å². The van der Waals surface area contributed by atoms with Crippen molar-refractivity contribution in [3.63, 3.8) is 0 Å². The van der Waals surface area contributed by atoms with Crippen molar-refractivity contribution >= 4 is 6.03 Å². The van der Waals surface area contributed by atoms with Gasteiger partial charge in [-0.2, -0.15) is 0 Å². The molecule has 0 aromatic carbocycles. The van der Waals surface area contributed by atoms with Gasteiger partial charge in [0.25, 0.3) is 0 Å². The maximum atomic E-state index is 12.5. The summed E-state index contributed by atoms with van der Waals surface area (Å²) in [6.45, 7) is 5.48. The Bertz CT molecular complexity index is 271. The zero-order valence-electron chi connectivity index (χ0n) is 10.9. The smallest absolute Gasteiger partial charge is 0.320 e. The molecular weight excluding hydrogens is 230 g/mol. The number of nitrogens with one attached hydrogen (secondary N) is 1. The van der Waals surface area contributed by atoms with Gasteiger partial charge in [-0.15, -0.1) is 0 Å². The minimum absolute atomic E-state index is 0.260. The normalized spacial score (nSPS) is 31.1. The molecule has 3 saturated heterocycles. The van der Waals surface area contributed by atoms with E-state index in [2.05, 4.69) is 15.1 Å². The molecule has 0 spiro atoms. The van der Waals surface area contributed by atoms with Crippen LogP contribution in [-0.4, -0.2) is 67.3 Å². The van der Waals surface area contributed by atoms with E-state index in [0.29, 0.717) is 12.1 Å². The van der Waals surface area contributed by atoms with Crippen LogP contribution < -0.4 is 5.32 Å². The summed E-state index contributed by atoms with van der Waals surface area (Å²) in [5.41, 5.74) is 0. The highest BCUT2D eigenvalue weighted by atomic mass is 16.5. The first-order chi connectivity index (χ1) is 8.86. The molecule has 0 saturated carbocycles. The lowest BCUT2D eigenvalue weighted by Gasteiger charge is -2.34. The van der Waals surface area contributed by atoms with Gasteiger partial charge in [-0.05, 0) is 32.2 Å². The fourth-order valence-corrected chi connectivity index (χ4v) is 3.35. The lowest BCUT2D eigenvalue weighted by molar-refractivity contribution is 0.0499. The molecule has 102 valence electrons. The van der Waals surface area contributed by atoms with Crippen molar-refractivity contribution in [2.24, 2.45) is 0 Å². The predicted molar refractivity (Wildman–Crippen MR) is 68.5 cm³/mol. The van der Waals surface area contributed by atoms with Crippen LogP contribution in [0.3, 0.4) is 0 Å². The van der Waals surface area contributed by atoms with Crippen molar-refractivity contribution < 1.29 is 9.53 Å². The third-order valence-corrected chi connectivity index (χ3v) is 4.42. The molecule has 0 aliphatic carbocycles. The zero-order valence-corrected chi connectivity index (χ0v) is 10.9. The van der Waals surface area contributed by atoms with Crippen LogP contribution in [0.1, 0.15) is 25.7 Å².